The minimum atomic E-state index is -0.441. The number of aryl methyl sites for hydroxylation is 1. The SMILES string of the molecule is Cn1nc(C(=O)NC(/C(N)=N/O)C2CC2)c2ccccc21. The third-order valence-corrected chi connectivity index (χ3v) is 3.79. The first-order valence-corrected chi connectivity index (χ1v) is 6.82. The van der Waals surface area contributed by atoms with Crippen molar-refractivity contribution < 1.29 is 10.0 Å². The van der Waals surface area contributed by atoms with E-state index in [0.29, 0.717) is 5.69 Å². The Morgan fingerprint density at radius 2 is 2.24 bits per heavy atom. The molecule has 21 heavy (non-hydrogen) atoms. The third-order valence-electron chi connectivity index (χ3n) is 3.79. The predicted octanol–water partition coefficient (Wildman–Crippen LogP) is 0.828. The summed E-state index contributed by atoms with van der Waals surface area (Å²) < 4.78 is 1.67. The van der Waals surface area contributed by atoms with E-state index in [1.807, 2.05) is 24.3 Å². The first-order chi connectivity index (χ1) is 10.1. The quantitative estimate of drug-likeness (QED) is 0.335. The molecule has 1 amide bonds. The lowest BCUT2D eigenvalue weighted by atomic mass is 10.1. The van der Waals surface area contributed by atoms with E-state index in [9.17, 15) is 4.79 Å². The molecule has 1 saturated carbocycles. The van der Waals surface area contributed by atoms with Crippen LogP contribution in [0.3, 0.4) is 0 Å². The number of rotatable bonds is 4. The maximum atomic E-state index is 12.5. The molecule has 1 fully saturated rings. The molecular weight excluding hydrogens is 270 g/mol. The van der Waals surface area contributed by atoms with Crippen LogP contribution in [0.4, 0.5) is 0 Å². The van der Waals surface area contributed by atoms with Crippen LogP contribution in [0.25, 0.3) is 10.9 Å². The Kier molecular flexibility index (Phi) is 3.25. The van der Waals surface area contributed by atoms with Crippen LogP contribution in [0.1, 0.15) is 23.3 Å². The molecule has 0 bridgehead atoms. The standard InChI is InChI=1S/C14H17N5O2/c1-19-10-5-3-2-4-9(10)12(17-19)14(20)16-11(8-6-7-8)13(15)18-21/h2-5,8,11,21H,6-7H2,1H3,(H2,15,18)(H,16,20). The highest BCUT2D eigenvalue weighted by atomic mass is 16.4. The summed E-state index contributed by atoms with van der Waals surface area (Å²) in [6, 6.07) is 7.08. The van der Waals surface area contributed by atoms with Crippen LogP contribution in [0.15, 0.2) is 29.4 Å². The van der Waals surface area contributed by atoms with Gasteiger partial charge in [-0.2, -0.15) is 5.10 Å². The second-order valence-corrected chi connectivity index (χ2v) is 5.30. The zero-order valence-electron chi connectivity index (χ0n) is 11.7. The highest BCUT2D eigenvalue weighted by Gasteiger charge is 2.36. The van der Waals surface area contributed by atoms with Crippen molar-refractivity contribution in [3.8, 4) is 0 Å². The van der Waals surface area contributed by atoms with Gasteiger partial charge in [0.2, 0.25) is 0 Å². The molecule has 4 N–H and O–H groups in total. The van der Waals surface area contributed by atoms with E-state index in [4.69, 9.17) is 10.9 Å². The van der Waals surface area contributed by atoms with E-state index in [-0.39, 0.29) is 17.7 Å². The minimum absolute atomic E-state index is 0.0334. The molecule has 1 aliphatic carbocycles. The molecule has 1 aromatic heterocycles. The molecule has 3 rings (SSSR count). The van der Waals surface area contributed by atoms with Crippen LogP contribution >= 0.6 is 0 Å². The number of benzene rings is 1. The summed E-state index contributed by atoms with van der Waals surface area (Å²) in [7, 11) is 1.79. The largest absolute Gasteiger partial charge is 0.409 e. The van der Waals surface area contributed by atoms with Gasteiger partial charge in [-0.05, 0) is 24.8 Å². The van der Waals surface area contributed by atoms with Crippen LogP contribution in [0.2, 0.25) is 0 Å². The van der Waals surface area contributed by atoms with Gasteiger partial charge in [-0.1, -0.05) is 23.4 Å². The summed E-state index contributed by atoms with van der Waals surface area (Å²) in [5, 5.41) is 19.7. The van der Waals surface area contributed by atoms with Gasteiger partial charge >= 0.3 is 0 Å². The number of para-hydroxylation sites is 1. The molecule has 1 heterocycles. The number of nitrogens with two attached hydrogens (primary N) is 1. The Morgan fingerprint density at radius 1 is 1.52 bits per heavy atom. The van der Waals surface area contributed by atoms with Crippen molar-refractivity contribution in [3.05, 3.63) is 30.0 Å². The van der Waals surface area contributed by atoms with E-state index in [1.54, 1.807) is 11.7 Å². The van der Waals surface area contributed by atoms with Crippen molar-refractivity contribution in [1.29, 1.82) is 0 Å². The van der Waals surface area contributed by atoms with Crippen molar-refractivity contribution in [3.63, 3.8) is 0 Å². The van der Waals surface area contributed by atoms with Gasteiger partial charge in [0.05, 0.1) is 11.6 Å². The van der Waals surface area contributed by atoms with Crippen molar-refractivity contribution in [2.75, 3.05) is 0 Å². The number of amidine groups is 1. The fraction of sp³-hybridized carbons (Fsp3) is 0.357. The first-order valence-electron chi connectivity index (χ1n) is 6.82. The van der Waals surface area contributed by atoms with Crippen LogP contribution in [0.5, 0.6) is 0 Å². The Bertz CT molecular complexity index is 717. The fourth-order valence-electron chi connectivity index (χ4n) is 2.52. The smallest absolute Gasteiger partial charge is 0.273 e. The Morgan fingerprint density at radius 3 is 2.90 bits per heavy atom. The molecule has 2 aromatic rings. The molecule has 1 unspecified atom stereocenters. The Labute approximate surface area is 121 Å². The molecule has 1 aliphatic rings. The normalized spacial score (nSPS) is 16.9. The van der Waals surface area contributed by atoms with Gasteiger partial charge < -0.3 is 16.3 Å². The molecular formula is C14H17N5O2. The highest BCUT2D eigenvalue weighted by molar-refractivity contribution is 6.06. The van der Waals surface area contributed by atoms with Gasteiger partial charge in [-0.25, -0.2) is 0 Å². The molecule has 0 saturated heterocycles. The number of hydrogen-bond acceptors (Lipinski definition) is 4. The molecule has 7 nitrogen and oxygen atoms in total. The summed E-state index contributed by atoms with van der Waals surface area (Å²) >= 11 is 0. The third kappa shape index (κ3) is 2.42. The van der Waals surface area contributed by atoms with Crippen molar-refractivity contribution >= 4 is 22.6 Å². The Balaban J connectivity index is 1.90. The van der Waals surface area contributed by atoms with Crippen molar-refractivity contribution in [1.82, 2.24) is 15.1 Å². The maximum Gasteiger partial charge on any atom is 0.273 e. The summed E-state index contributed by atoms with van der Waals surface area (Å²) in [5.74, 6) is -0.0405. The number of nitrogens with one attached hydrogen (secondary N) is 1. The van der Waals surface area contributed by atoms with Crippen LogP contribution < -0.4 is 11.1 Å². The van der Waals surface area contributed by atoms with E-state index in [1.165, 1.54) is 0 Å². The summed E-state index contributed by atoms with van der Waals surface area (Å²) in [5.41, 5.74) is 6.90. The number of amides is 1. The van der Waals surface area contributed by atoms with Gasteiger partial charge in [-0.15, -0.1) is 0 Å². The molecule has 1 aromatic carbocycles. The van der Waals surface area contributed by atoms with Gasteiger partial charge in [0.15, 0.2) is 11.5 Å². The topological polar surface area (TPSA) is 106 Å². The lowest BCUT2D eigenvalue weighted by molar-refractivity contribution is 0.0938. The molecule has 110 valence electrons. The average molecular weight is 287 g/mol. The summed E-state index contributed by atoms with van der Waals surface area (Å²) in [6.07, 6.45) is 1.92. The Hall–Kier alpha value is -2.57. The zero-order chi connectivity index (χ0) is 15.0. The number of carbonyl (C=O) groups excluding carboxylic acids is 1. The zero-order valence-corrected chi connectivity index (χ0v) is 11.7. The van der Waals surface area contributed by atoms with Crippen molar-refractivity contribution in [2.24, 2.45) is 23.9 Å². The van der Waals surface area contributed by atoms with Crippen LogP contribution in [-0.4, -0.2) is 32.8 Å². The lowest BCUT2D eigenvalue weighted by Crippen LogP contribution is -2.46. The molecule has 0 radical (unpaired) electrons. The highest BCUT2D eigenvalue weighted by Crippen LogP contribution is 2.33. The summed E-state index contributed by atoms with van der Waals surface area (Å²) in [4.78, 5) is 12.5. The number of oxime groups is 1. The molecule has 7 heteroatoms. The van der Waals surface area contributed by atoms with Crippen LogP contribution in [-0.2, 0) is 7.05 Å². The van der Waals surface area contributed by atoms with Gasteiger partial charge in [0, 0.05) is 12.4 Å². The number of hydrogen-bond donors (Lipinski definition) is 3. The number of nitrogens with zero attached hydrogens (tertiary/aromatic N) is 3. The molecule has 0 aliphatic heterocycles. The second kappa shape index (κ2) is 5.08. The van der Waals surface area contributed by atoms with Gasteiger partial charge in [-0.3, -0.25) is 9.48 Å². The second-order valence-electron chi connectivity index (χ2n) is 5.30. The minimum Gasteiger partial charge on any atom is -0.409 e. The maximum absolute atomic E-state index is 12.5. The number of fused-ring (bicyclic) bond motifs is 1. The fourth-order valence-corrected chi connectivity index (χ4v) is 2.52. The van der Waals surface area contributed by atoms with Crippen LogP contribution in [0, 0.1) is 5.92 Å². The number of carbonyl (C=O) groups is 1. The first kappa shape index (κ1) is 13.4. The molecule has 0 spiro atoms. The van der Waals surface area contributed by atoms with E-state index < -0.39 is 6.04 Å². The monoisotopic (exact) mass is 287 g/mol. The predicted molar refractivity (Wildman–Crippen MR) is 78.1 cm³/mol. The molecule has 1 atom stereocenters. The summed E-state index contributed by atoms with van der Waals surface area (Å²) in [6.45, 7) is 0. The number of aromatic nitrogens is 2. The van der Waals surface area contributed by atoms with E-state index in [2.05, 4.69) is 15.6 Å². The average Bonchev–Trinajstić information content (AvgIpc) is 3.28. The lowest BCUT2D eigenvalue weighted by Gasteiger charge is -2.15. The van der Waals surface area contributed by atoms with E-state index >= 15 is 0 Å². The van der Waals surface area contributed by atoms with Crippen molar-refractivity contribution in [2.45, 2.75) is 18.9 Å². The van der Waals surface area contributed by atoms with Gasteiger partial charge in [0.1, 0.15) is 0 Å². The van der Waals surface area contributed by atoms with Gasteiger partial charge in [0.25, 0.3) is 5.91 Å². The van der Waals surface area contributed by atoms with E-state index in [0.717, 1.165) is 23.7 Å².